The van der Waals surface area contributed by atoms with Crippen LogP contribution in [0.4, 0.5) is 0 Å². The summed E-state index contributed by atoms with van der Waals surface area (Å²) in [5.41, 5.74) is 0. The third-order valence-electron chi connectivity index (χ3n) is 0.741. The van der Waals surface area contributed by atoms with Crippen LogP contribution in [-0.2, 0) is 4.79 Å². The predicted octanol–water partition coefficient (Wildman–Crippen LogP) is -0.826. The monoisotopic (exact) mass is 150 g/mol. The van der Waals surface area contributed by atoms with Crippen LogP contribution in [0.15, 0.2) is 0 Å². The third-order valence-corrected chi connectivity index (χ3v) is 1.44. The summed E-state index contributed by atoms with van der Waals surface area (Å²) in [6, 6.07) is 0. The van der Waals surface area contributed by atoms with E-state index in [0.717, 1.165) is 5.80 Å². The number of aliphatic carboxylic acids is 1. The molecule has 0 rings (SSSR count). The van der Waals surface area contributed by atoms with Crippen LogP contribution >= 0.6 is 8.00 Å². The van der Waals surface area contributed by atoms with Crippen molar-refractivity contribution in [3.8, 4) is 0 Å². The Balaban J connectivity index is 3.91. The molecule has 0 aromatic heterocycles. The molecule has 0 aliphatic heterocycles. The second-order valence-corrected chi connectivity index (χ2v) is 2.48. The lowest BCUT2D eigenvalue weighted by atomic mass is 10.2. The van der Waals surface area contributed by atoms with Gasteiger partial charge in [0.05, 0.1) is 0 Å². The molecule has 0 saturated heterocycles. The number of carboxylic acid groups (broad SMARTS) is 1. The largest absolute Gasteiger partial charge is 0.603 e. The van der Waals surface area contributed by atoms with Gasteiger partial charge in [-0.1, -0.05) is 0 Å². The first-order valence-electron chi connectivity index (χ1n) is 2.27. The zero-order chi connectivity index (χ0) is 7.44. The summed E-state index contributed by atoms with van der Waals surface area (Å²) in [5.74, 6) is -1.07. The van der Waals surface area contributed by atoms with Crippen molar-refractivity contribution in [2.45, 2.75) is 6.92 Å². The van der Waals surface area contributed by atoms with Crippen molar-refractivity contribution >= 4 is 19.8 Å². The summed E-state index contributed by atoms with van der Waals surface area (Å²) < 4.78 is 0. The average Bonchev–Trinajstić information content (AvgIpc) is 1.63. The number of hydrogen-bond acceptors (Lipinski definition) is 3. The highest BCUT2D eigenvalue weighted by Gasteiger charge is 2.10. The molecule has 0 aliphatic carbocycles. The van der Waals surface area contributed by atoms with Crippen molar-refractivity contribution in [1.29, 1.82) is 0 Å². The summed E-state index contributed by atoms with van der Waals surface area (Å²) in [4.78, 5) is 28.1. The van der Waals surface area contributed by atoms with Gasteiger partial charge in [-0.2, -0.15) is 4.89 Å². The van der Waals surface area contributed by atoms with E-state index in [1.807, 2.05) is 0 Å². The molecule has 0 fully saturated rings. The molecule has 0 saturated carbocycles. The van der Waals surface area contributed by atoms with E-state index < -0.39 is 19.9 Å². The van der Waals surface area contributed by atoms with E-state index in [2.05, 4.69) is 0 Å². The standard InChI is InChI=1S/C4H7O4P/c1-3(4(5)6)2-9(7)8/h2-3H,1H3,(H,5,6)(H,7,8). The van der Waals surface area contributed by atoms with Crippen LogP contribution in [0.5, 0.6) is 0 Å². The van der Waals surface area contributed by atoms with Crippen LogP contribution in [0, 0.1) is 5.92 Å². The Labute approximate surface area is 53.3 Å². The molecule has 0 aromatic carbocycles. The summed E-state index contributed by atoms with van der Waals surface area (Å²) in [5, 5.41) is 8.16. The van der Waals surface area contributed by atoms with Crippen molar-refractivity contribution in [2.75, 3.05) is 0 Å². The molecule has 0 aliphatic rings. The predicted molar refractivity (Wildman–Crippen MR) is 32.0 cm³/mol. The van der Waals surface area contributed by atoms with Gasteiger partial charge < -0.3 is 10.00 Å². The van der Waals surface area contributed by atoms with E-state index in [0.29, 0.717) is 0 Å². The van der Waals surface area contributed by atoms with Crippen molar-refractivity contribution < 1.29 is 19.7 Å². The minimum absolute atomic E-state index is 0.849. The molecule has 52 valence electrons. The van der Waals surface area contributed by atoms with E-state index in [1.165, 1.54) is 6.92 Å². The van der Waals surface area contributed by atoms with Crippen molar-refractivity contribution in [3.05, 3.63) is 0 Å². The Morgan fingerprint density at radius 1 is 1.89 bits per heavy atom. The maximum atomic E-state index is 9.96. The SMILES string of the molecule is CC(/C=[P+](\[O-])O)C(=O)O. The van der Waals surface area contributed by atoms with Gasteiger partial charge in [0.15, 0.2) is 0 Å². The molecular weight excluding hydrogens is 143 g/mol. The lowest BCUT2D eigenvalue weighted by Gasteiger charge is -1.92. The van der Waals surface area contributed by atoms with E-state index in [-0.39, 0.29) is 0 Å². The molecule has 2 atom stereocenters. The van der Waals surface area contributed by atoms with Crippen molar-refractivity contribution in [2.24, 2.45) is 5.92 Å². The number of carbonyl (C=O) groups is 1. The fourth-order valence-electron chi connectivity index (χ4n) is 0.255. The van der Waals surface area contributed by atoms with E-state index in [9.17, 15) is 9.69 Å². The Hall–Kier alpha value is -0.440. The Morgan fingerprint density at radius 3 is 2.44 bits per heavy atom. The van der Waals surface area contributed by atoms with Gasteiger partial charge in [-0.05, 0) is 6.92 Å². The van der Waals surface area contributed by atoms with Crippen molar-refractivity contribution in [3.63, 3.8) is 0 Å². The summed E-state index contributed by atoms with van der Waals surface area (Å²) >= 11 is 0. The third kappa shape index (κ3) is 4.09. The molecule has 4 nitrogen and oxygen atoms in total. The molecule has 0 spiro atoms. The molecule has 0 bridgehead atoms. The summed E-state index contributed by atoms with van der Waals surface area (Å²) in [6.45, 7) is 1.34. The fraction of sp³-hybridized carbons (Fsp3) is 0.500. The Kier molecular flexibility index (Phi) is 3.39. The van der Waals surface area contributed by atoms with Gasteiger partial charge in [-0.25, -0.2) is 0 Å². The first-order chi connectivity index (χ1) is 4.04. The zero-order valence-electron chi connectivity index (χ0n) is 4.81. The molecule has 2 unspecified atom stereocenters. The van der Waals surface area contributed by atoms with Crippen molar-refractivity contribution in [1.82, 2.24) is 0 Å². The first kappa shape index (κ1) is 8.56. The lowest BCUT2D eigenvalue weighted by molar-refractivity contribution is -0.167. The quantitative estimate of drug-likeness (QED) is 0.503. The molecule has 0 heterocycles. The second kappa shape index (κ2) is 3.56. The fourth-order valence-corrected chi connectivity index (χ4v) is 0.765. The van der Waals surface area contributed by atoms with Crippen LogP contribution < -0.4 is 4.89 Å². The van der Waals surface area contributed by atoms with Gasteiger partial charge >= 0.3 is 5.97 Å². The number of carboxylic acids is 1. The lowest BCUT2D eigenvalue weighted by Crippen LogP contribution is -2.11. The minimum Gasteiger partial charge on any atom is -0.603 e. The first-order valence-corrected chi connectivity index (χ1v) is 3.55. The molecule has 9 heavy (non-hydrogen) atoms. The summed E-state index contributed by atoms with van der Waals surface area (Å²) in [6.07, 6.45) is 0. The highest BCUT2D eigenvalue weighted by molar-refractivity contribution is 7.43. The normalized spacial score (nSPS) is 15.2. The van der Waals surface area contributed by atoms with Gasteiger partial charge in [0.1, 0.15) is 11.7 Å². The molecular formula is C4H7O4P. The summed E-state index contributed by atoms with van der Waals surface area (Å²) in [7, 11) is -2.43. The Bertz CT molecular complexity index is 138. The van der Waals surface area contributed by atoms with E-state index in [4.69, 9.17) is 10.00 Å². The van der Waals surface area contributed by atoms with Crippen LogP contribution in [0.25, 0.3) is 0 Å². The molecule has 0 radical (unpaired) electrons. The number of hydrogen-bond donors (Lipinski definition) is 2. The van der Waals surface area contributed by atoms with Crippen LogP contribution in [0.2, 0.25) is 0 Å². The number of rotatable bonds is 2. The molecule has 0 aromatic rings. The average molecular weight is 150 g/mol. The van der Waals surface area contributed by atoms with Gasteiger partial charge in [-0.3, -0.25) is 4.79 Å². The second-order valence-electron chi connectivity index (χ2n) is 1.58. The van der Waals surface area contributed by atoms with Gasteiger partial charge in [0.2, 0.25) is 8.00 Å². The maximum absolute atomic E-state index is 9.96. The maximum Gasteiger partial charge on any atom is 0.314 e. The van der Waals surface area contributed by atoms with E-state index >= 15 is 0 Å². The van der Waals surface area contributed by atoms with Crippen LogP contribution in [-0.4, -0.2) is 21.8 Å². The highest BCUT2D eigenvalue weighted by atomic mass is 31.1. The van der Waals surface area contributed by atoms with Crippen LogP contribution in [0.1, 0.15) is 6.92 Å². The zero-order valence-corrected chi connectivity index (χ0v) is 5.71. The van der Waals surface area contributed by atoms with Gasteiger partial charge in [0, 0.05) is 0 Å². The van der Waals surface area contributed by atoms with Gasteiger partial charge in [-0.15, -0.1) is 0 Å². The minimum atomic E-state index is -2.43. The molecule has 0 amide bonds. The van der Waals surface area contributed by atoms with Gasteiger partial charge in [0.25, 0.3) is 0 Å². The van der Waals surface area contributed by atoms with E-state index in [1.54, 1.807) is 0 Å². The topological polar surface area (TPSA) is 80.6 Å². The Morgan fingerprint density at radius 2 is 2.33 bits per heavy atom. The van der Waals surface area contributed by atoms with Crippen LogP contribution in [0.3, 0.4) is 0 Å². The molecule has 2 N–H and O–H groups in total. The molecule has 5 heteroatoms. The highest BCUT2D eigenvalue weighted by Crippen LogP contribution is 2.03. The smallest absolute Gasteiger partial charge is 0.314 e.